The van der Waals surface area contributed by atoms with Crippen LogP contribution in [0.1, 0.15) is 18.4 Å². The lowest BCUT2D eigenvalue weighted by atomic mass is 10.2. The maximum Gasteiger partial charge on any atom is 0.240 e. The fraction of sp³-hybridized carbons (Fsp3) is 0.571. The number of benzene rings is 1. The van der Waals surface area contributed by atoms with Crippen LogP contribution in [0.5, 0.6) is 5.75 Å². The molecule has 0 unspecified atom stereocenters. The molecule has 0 amide bonds. The standard InChI is InChI=1S/C14H24N2O4S/c1-15-11-12-10-13(6-7-14(12)20-3)21(17,18)16-8-4-5-9-19-2/h6-7,10,15-16H,4-5,8-9,11H2,1-3H3. The highest BCUT2D eigenvalue weighted by Gasteiger charge is 2.15. The van der Waals surface area contributed by atoms with E-state index in [2.05, 4.69) is 10.0 Å². The van der Waals surface area contributed by atoms with Crippen LogP contribution >= 0.6 is 0 Å². The van der Waals surface area contributed by atoms with E-state index in [4.69, 9.17) is 9.47 Å². The lowest BCUT2D eigenvalue weighted by molar-refractivity contribution is 0.193. The molecule has 0 aliphatic rings. The number of unbranched alkanes of at least 4 members (excludes halogenated alkanes) is 1. The van der Waals surface area contributed by atoms with E-state index in [1.54, 1.807) is 39.5 Å². The van der Waals surface area contributed by atoms with Crippen molar-refractivity contribution >= 4 is 10.0 Å². The largest absolute Gasteiger partial charge is 0.496 e. The number of rotatable bonds is 10. The van der Waals surface area contributed by atoms with Crippen molar-refractivity contribution < 1.29 is 17.9 Å². The minimum atomic E-state index is -3.49. The van der Waals surface area contributed by atoms with E-state index >= 15 is 0 Å². The lowest BCUT2D eigenvalue weighted by Gasteiger charge is -2.11. The predicted molar refractivity (Wildman–Crippen MR) is 82.1 cm³/mol. The highest BCUT2D eigenvalue weighted by Crippen LogP contribution is 2.22. The van der Waals surface area contributed by atoms with Crippen LogP contribution in [0.15, 0.2) is 23.1 Å². The first kappa shape index (κ1) is 17.9. The van der Waals surface area contributed by atoms with Crippen LogP contribution < -0.4 is 14.8 Å². The first-order valence-corrected chi connectivity index (χ1v) is 8.33. The fourth-order valence-electron chi connectivity index (χ4n) is 1.91. The van der Waals surface area contributed by atoms with Gasteiger partial charge in [0.15, 0.2) is 0 Å². The van der Waals surface area contributed by atoms with Gasteiger partial charge in [-0.3, -0.25) is 0 Å². The molecule has 0 aliphatic heterocycles. The van der Waals surface area contributed by atoms with Crippen LogP contribution in [0.2, 0.25) is 0 Å². The van der Waals surface area contributed by atoms with Gasteiger partial charge in [0.2, 0.25) is 10.0 Å². The molecule has 0 fully saturated rings. The Morgan fingerprint density at radius 3 is 2.57 bits per heavy atom. The first-order chi connectivity index (χ1) is 10.0. The van der Waals surface area contributed by atoms with Crippen LogP contribution in [0.3, 0.4) is 0 Å². The van der Waals surface area contributed by atoms with Crippen LogP contribution in [0.4, 0.5) is 0 Å². The zero-order valence-corrected chi connectivity index (χ0v) is 13.6. The van der Waals surface area contributed by atoms with E-state index in [0.717, 1.165) is 18.4 Å². The molecule has 1 aromatic carbocycles. The van der Waals surface area contributed by atoms with Gasteiger partial charge in [-0.25, -0.2) is 13.1 Å². The quantitative estimate of drug-likeness (QED) is 0.633. The molecule has 6 nitrogen and oxygen atoms in total. The van der Waals surface area contributed by atoms with Crippen LogP contribution in [-0.4, -0.2) is 42.8 Å². The van der Waals surface area contributed by atoms with Gasteiger partial charge in [0, 0.05) is 32.4 Å². The van der Waals surface area contributed by atoms with Gasteiger partial charge in [0.1, 0.15) is 5.75 Å². The maximum absolute atomic E-state index is 12.2. The minimum Gasteiger partial charge on any atom is -0.496 e. The second-order valence-corrected chi connectivity index (χ2v) is 6.37. The molecule has 0 saturated carbocycles. The molecule has 0 radical (unpaired) electrons. The Balaban J connectivity index is 2.76. The smallest absolute Gasteiger partial charge is 0.240 e. The lowest BCUT2D eigenvalue weighted by Crippen LogP contribution is -2.25. The summed E-state index contributed by atoms with van der Waals surface area (Å²) in [6, 6.07) is 4.86. The molecule has 0 spiro atoms. The Bertz CT molecular complexity index is 532. The minimum absolute atomic E-state index is 0.250. The van der Waals surface area contributed by atoms with Crippen molar-refractivity contribution in [3.8, 4) is 5.75 Å². The van der Waals surface area contributed by atoms with E-state index in [0.29, 0.717) is 25.4 Å². The zero-order chi connectivity index (χ0) is 15.7. The second-order valence-electron chi connectivity index (χ2n) is 4.60. The van der Waals surface area contributed by atoms with E-state index in [9.17, 15) is 8.42 Å². The zero-order valence-electron chi connectivity index (χ0n) is 12.8. The van der Waals surface area contributed by atoms with Crippen molar-refractivity contribution in [2.45, 2.75) is 24.3 Å². The predicted octanol–water partition coefficient (Wildman–Crippen LogP) is 1.12. The second kappa shape index (κ2) is 8.99. The summed E-state index contributed by atoms with van der Waals surface area (Å²) < 4.78 is 37.2. The first-order valence-electron chi connectivity index (χ1n) is 6.85. The summed E-state index contributed by atoms with van der Waals surface area (Å²) in [6.45, 7) is 1.58. The number of nitrogens with one attached hydrogen (secondary N) is 2. The third-order valence-corrected chi connectivity index (χ3v) is 4.46. The topological polar surface area (TPSA) is 76.7 Å². The van der Waals surface area contributed by atoms with Crippen LogP contribution in [0.25, 0.3) is 0 Å². The molecule has 120 valence electrons. The van der Waals surface area contributed by atoms with Crippen LogP contribution in [-0.2, 0) is 21.3 Å². The SMILES string of the molecule is CNCc1cc(S(=O)(=O)NCCCCOC)ccc1OC. The van der Waals surface area contributed by atoms with Gasteiger partial charge in [0.05, 0.1) is 12.0 Å². The van der Waals surface area contributed by atoms with E-state index in [-0.39, 0.29) is 4.90 Å². The summed E-state index contributed by atoms with van der Waals surface area (Å²) in [6.07, 6.45) is 1.57. The summed E-state index contributed by atoms with van der Waals surface area (Å²) in [5.41, 5.74) is 0.808. The summed E-state index contributed by atoms with van der Waals surface area (Å²) in [7, 11) is 1.51. The molecule has 7 heteroatoms. The molecule has 0 atom stereocenters. The average molecular weight is 316 g/mol. The van der Waals surface area contributed by atoms with Gasteiger partial charge in [-0.15, -0.1) is 0 Å². The summed E-state index contributed by atoms with van der Waals surface area (Å²) in [5, 5.41) is 2.99. The van der Waals surface area contributed by atoms with Gasteiger partial charge < -0.3 is 14.8 Å². The average Bonchev–Trinajstić information content (AvgIpc) is 2.47. The molecule has 0 bridgehead atoms. The highest BCUT2D eigenvalue weighted by molar-refractivity contribution is 7.89. The third-order valence-electron chi connectivity index (χ3n) is 3.00. The van der Waals surface area contributed by atoms with E-state index in [1.807, 2.05) is 0 Å². The molecule has 0 heterocycles. The van der Waals surface area contributed by atoms with Gasteiger partial charge in [0.25, 0.3) is 0 Å². The molecule has 1 aromatic rings. The van der Waals surface area contributed by atoms with Crippen molar-refractivity contribution in [3.05, 3.63) is 23.8 Å². The number of sulfonamides is 1. The fourth-order valence-corrected chi connectivity index (χ4v) is 3.04. The van der Waals surface area contributed by atoms with Gasteiger partial charge in [-0.2, -0.15) is 0 Å². The Morgan fingerprint density at radius 1 is 1.19 bits per heavy atom. The monoisotopic (exact) mass is 316 g/mol. The molecule has 2 N–H and O–H groups in total. The molecular weight excluding hydrogens is 292 g/mol. The molecule has 0 aliphatic carbocycles. The van der Waals surface area contributed by atoms with Crippen molar-refractivity contribution in [1.29, 1.82) is 0 Å². The van der Waals surface area contributed by atoms with Gasteiger partial charge in [-0.1, -0.05) is 0 Å². The molecule has 0 aromatic heterocycles. The van der Waals surface area contributed by atoms with E-state index in [1.165, 1.54) is 0 Å². The maximum atomic E-state index is 12.2. The van der Waals surface area contributed by atoms with Gasteiger partial charge in [-0.05, 0) is 38.1 Å². The number of methoxy groups -OCH3 is 2. The highest BCUT2D eigenvalue weighted by atomic mass is 32.2. The molecular formula is C14H24N2O4S. The summed E-state index contributed by atoms with van der Waals surface area (Å²) in [5.74, 6) is 0.670. The van der Waals surface area contributed by atoms with Crippen molar-refractivity contribution in [1.82, 2.24) is 10.0 Å². The Kier molecular flexibility index (Phi) is 7.66. The van der Waals surface area contributed by atoms with Crippen LogP contribution in [0, 0.1) is 0 Å². The van der Waals surface area contributed by atoms with Gasteiger partial charge >= 0.3 is 0 Å². The number of hydrogen-bond acceptors (Lipinski definition) is 5. The third kappa shape index (κ3) is 5.62. The Labute approximate surface area is 126 Å². The van der Waals surface area contributed by atoms with Crippen molar-refractivity contribution in [2.24, 2.45) is 0 Å². The van der Waals surface area contributed by atoms with Crippen molar-refractivity contribution in [2.75, 3.05) is 34.4 Å². The molecule has 0 saturated heterocycles. The number of hydrogen-bond donors (Lipinski definition) is 2. The molecule has 21 heavy (non-hydrogen) atoms. The normalized spacial score (nSPS) is 11.6. The summed E-state index contributed by atoms with van der Waals surface area (Å²) in [4.78, 5) is 0.250. The Morgan fingerprint density at radius 2 is 1.95 bits per heavy atom. The van der Waals surface area contributed by atoms with E-state index < -0.39 is 10.0 Å². The summed E-state index contributed by atoms with van der Waals surface area (Å²) >= 11 is 0. The van der Waals surface area contributed by atoms with Crippen molar-refractivity contribution in [3.63, 3.8) is 0 Å². The number of ether oxygens (including phenoxy) is 2. The molecule has 1 rings (SSSR count). The Hall–Kier alpha value is -1.15.